The van der Waals surface area contributed by atoms with Gasteiger partial charge in [-0.3, -0.25) is 14.9 Å². The molecule has 132 valence electrons. The van der Waals surface area contributed by atoms with E-state index in [0.717, 1.165) is 23.6 Å². The van der Waals surface area contributed by atoms with Crippen LogP contribution in [-0.4, -0.2) is 14.7 Å². The number of alkyl halides is 3. The Kier molecular flexibility index (Phi) is 4.32. The number of aromatic nitrogens is 2. The quantitative estimate of drug-likeness (QED) is 0.610. The van der Waals surface area contributed by atoms with Crippen LogP contribution in [0.3, 0.4) is 0 Å². The molecule has 0 aliphatic heterocycles. The van der Waals surface area contributed by atoms with Crippen LogP contribution in [0.15, 0.2) is 35.1 Å². The molecule has 0 bridgehead atoms. The average Bonchev–Trinajstić information content (AvgIpc) is 3.38. The molecule has 0 saturated heterocycles. The second-order valence-electron chi connectivity index (χ2n) is 5.96. The minimum atomic E-state index is -4.72. The molecule has 0 unspecified atom stereocenters. The molecule has 1 aromatic carbocycles. The van der Waals surface area contributed by atoms with Crippen LogP contribution in [0.4, 0.5) is 18.9 Å². The van der Waals surface area contributed by atoms with Crippen LogP contribution in [-0.2, 0) is 19.1 Å². The molecular weight excluding hydrogens is 339 g/mol. The number of hydrogen-bond acceptors (Lipinski definition) is 4. The first-order valence-electron chi connectivity index (χ1n) is 7.68. The fourth-order valence-electron chi connectivity index (χ4n) is 2.51. The van der Waals surface area contributed by atoms with Gasteiger partial charge in [0.05, 0.1) is 10.6 Å². The van der Waals surface area contributed by atoms with Crippen molar-refractivity contribution in [2.45, 2.75) is 37.9 Å². The van der Waals surface area contributed by atoms with Crippen molar-refractivity contribution in [1.29, 1.82) is 0 Å². The predicted molar refractivity (Wildman–Crippen MR) is 82.3 cm³/mol. The van der Waals surface area contributed by atoms with E-state index in [2.05, 4.69) is 5.10 Å². The topological polar surface area (TPSA) is 78.0 Å². The highest BCUT2D eigenvalue weighted by atomic mass is 19.4. The normalized spacial score (nSPS) is 14.5. The maximum Gasteiger partial charge on any atom is 0.421 e. The summed E-state index contributed by atoms with van der Waals surface area (Å²) in [6.45, 7) is -0.0275. The highest BCUT2D eigenvalue weighted by Gasteiger charge is 2.37. The predicted octanol–water partition coefficient (Wildman–Crippen LogP) is 3.29. The molecule has 0 atom stereocenters. The Hall–Kier alpha value is -2.71. The maximum absolute atomic E-state index is 13.1. The lowest BCUT2D eigenvalue weighted by Gasteiger charge is -2.12. The smallest absolute Gasteiger partial charge is 0.267 e. The fourth-order valence-corrected chi connectivity index (χ4v) is 2.51. The summed E-state index contributed by atoms with van der Waals surface area (Å²) in [5.74, 6) is -0.0210. The fraction of sp³-hybridized carbons (Fsp3) is 0.375. The largest absolute Gasteiger partial charge is 0.421 e. The Balaban J connectivity index is 1.85. The van der Waals surface area contributed by atoms with Gasteiger partial charge in [-0.05, 0) is 30.9 Å². The molecule has 1 saturated carbocycles. The van der Waals surface area contributed by atoms with Crippen molar-refractivity contribution in [2.24, 2.45) is 0 Å². The summed E-state index contributed by atoms with van der Waals surface area (Å²) in [6, 6.07) is 6.50. The number of nitro benzene ring substituents is 1. The minimum absolute atomic E-state index is 0.0210. The second-order valence-corrected chi connectivity index (χ2v) is 5.96. The van der Waals surface area contributed by atoms with Gasteiger partial charge < -0.3 is 0 Å². The van der Waals surface area contributed by atoms with E-state index >= 15 is 0 Å². The number of aryl methyl sites for hydroxylation is 2. The highest BCUT2D eigenvalue weighted by molar-refractivity contribution is 5.33. The Bertz CT molecular complexity index is 856. The molecule has 1 fully saturated rings. The Morgan fingerprint density at radius 3 is 2.40 bits per heavy atom. The van der Waals surface area contributed by atoms with Crippen LogP contribution in [0.5, 0.6) is 0 Å². The highest BCUT2D eigenvalue weighted by Crippen LogP contribution is 2.40. The minimum Gasteiger partial charge on any atom is -0.267 e. The Morgan fingerprint density at radius 1 is 1.24 bits per heavy atom. The third kappa shape index (κ3) is 3.86. The zero-order valence-electron chi connectivity index (χ0n) is 13.0. The number of halogens is 3. The van der Waals surface area contributed by atoms with Gasteiger partial charge in [0, 0.05) is 24.6 Å². The first-order chi connectivity index (χ1) is 11.8. The first kappa shape index (κ1) is 17.1. The number of nitrogens with zero attached hydrogens (tertiary/aromatic N) is 3. The summed E-state index contributed by atoms with van der Waals surface area (Å²) >= 11 is 0. The summed E-state index contributed by atoms with van der Waals surface area (Å²) in [5.41, 5.74) is -1.48. The standard InChI is InChI=1S/C16H14F3N3O3/c17-16(18,19)13-9-14(11-3-4-11)20-21(15(13)23)8-7-10-1-5-12(6-2-10)22(24)25/h1-2,5-6,9,11H,3-4,7-8H2. The van der Waals surface area contributed by atoms with Crippen LogP contribution in [0.25, 0.3) is 0 Å². The summed E-state index contributed by atoms with van der Waals surface area (Å²) in [6.07, 6.45) is -2.94. The van der Waals surface area contributed by atoms with Gasteiger partial charge in [0.15, 0.2) is 0 Å². The lowest BCUT2D eigenvalue weighted by atomic mass is 10.1. The SMILES string of the molecule is O=c1c(C(F)(F)F)cc(C2CC2)nn1CCc1ccc([N+](=O)[O-])cc1. The molecule has 3 rings (SSSR count). The van der Waals surface area contributed by atoms with Gasteiger partial charge >= 0.3 is 6.18 Å². The molecular formula is C16H14F3N3O3. The average molecular weight is 353 g/mol. The summed E-state index contributed by atoms with van der Waals surface area (Å²) < 4.78 is 40.1. The number of benzene rings is 1. The van der Waals surface area contributed by atoms with Gasteiger partial charge in [-0.25, -0.2) is 4.68 Å². The van der Waals surface area contributed by atoms with Gasteiger partial charge in [-0.1, -0.05) is 12.1 Å². The Morgan fingerprint density at radius 2 is 1.88 bits per heavy atom. The second kappa shape index (κ2) is 6.30. The molecule has 25 heavy (non-hydrogen) atoms. The Labute approximate surface area is 140 Å². The van der Waals surface area contributed by atoms with E-state index in [1.807, 2.05) is 0 Å². The molecule has 1 heterocycles. The molecule has 1 aliphatic rings. The van der Waals surface area contributed by atoms with Crippen molar-refractivity contribution in [3.8, 4) is 0 Å². The molecule has 1 aromatic heterocycles. The van der Waals surface area contributed by atoms with Gasteiger partial charge in [0.2, 0.25) is 0 Å². The maximum atomic E-state index is 13.1. The van der Waals surface area contributed by atoms with Gasteiger partial charge in [0.25, 0.3) is 11.2 Å². The molecule has 1 aliphatic carbocycles. The molecule has 0 amide bonds. The van der Waals surface area contributed by atoms with Crippen molar-refractivity contribution < 1.29 is 18.1 Å². The molecule has 6 nitrogen and oxygen atoms in total. The van der Waals surface area contributed by atoms with E-state index in [1.54, 1.807) is 0 Å². The lowest BCUT2D eigenvalue weighted by molar-refractivity contribution is -0.384. The molecule has 0 radical (unpaired) electrons. The molecule has 0 N–H and O–H groups in total. The van der Waals surface area contributed by atoms with Crippen LogP contribution >= 0.6 is 0 Å². The van der Waals surface area contributed by atoms with Crippen molar-refractivity contribution in [3.63, 3.8) is 0 Å². The van der Waals surface area contributed by atoms with E-state index in [1.165, 1.54) is 24.3 Å². The van der Waals surface area contributed by atoms with E-state index < -0.39 is 22.2 Å². The van der Waals surface area contributed by atoms with Gasteiger partial charge in [0.1, 0.15) is 5.56 Å². The van der Waals surface area contributed by atoms with Gasteiger partial charge in [-0.15, -0.1) is 0 Å². The van der Waals surface area contributed by atoms with Crippen LogP contribution < -0.4 is 5.56 Å². The van der Waals surface area contributed by atoms with Crippen molar-refractivity contribution >= 4 is 5.69 Å². The number of hydrogen-bond donors (Lipinski definition) is 0. The first-order valence-corrected chi connectivity index (χ1v) is 7.68. The van der Waals surface area contributed by atoms with E-state index in [-0.39, 0.29) is 30.3 Å². The van der Waals surface area contributed by atoms with Crippen molar-refractivity contribution in [3.05, 3.63) is 67.6 Å². The van der Waals surface area contributed by atoms with Crippen molar-refractivity contribution in [1.82, 2.24) is 9.78 Å². The third-order valence-corrected chi connectivity index (χ3v) is 4.05. The summed E-state index contributed by atoms with van der Waals surface area (Å²) in [5, 5.41) is 14.7. The van der Waals surface area contributed by atoms with Crippen LogP contribution in [0.2, 0.25) is 0 Å². The molecule has 2 aromatic rings. The van der Waals surface area contributed by atoms with Crippen LogP contribution in [0.1, 0.15) is 35.6 Å². The monoisotopic (exact) mass is 353 g/mol. The third-order valence-electron chi connectivity index (χ3n) is 4.05. The van der Waals surface area contributed by atoms with E-state index in [0.29, 0.717) is 5.56 Å². The molecule has 0 spiro atoms. The number of nitro groups is 1. The summed E-state index contributed by atoms with van der Waals surface area (Å²) in [4.78, 5) is 22.1. The zero-order valence-corrected chi connectivity index (χ0v) is 13.0. The summed E-state index contributed by atoms with van der Waals surface area (Å²) in [7, 11) is 0. The van der Waals surface area contributed by atoms with E-state index in [9.17, 15) is 28.1 Å². The van der Waals surface area contributed by atoms with Crippen molar-refractivity contribution in [2.75, 3.05) is 0 Å². The van der Waals surface area contributed by atoms with Crippen LogP contribution in [0, 0.1) is 10.1 Å². The van der Waals surface area contributed by atoms with Gasteiger partial charge in [-0.2, -0.15) is 18.3 Å². The lowest BCUT2D eigenvalue weighted by Crippen LogP contribution is -2.32. The number of non-ortho nitro benzene ring substituents is 1. The number of rotatable bonds is 5. The van der Waals surface area contributed by atoms with E-state index in [4.69, 9.17) is 0 Å². The molecule has 9 heteroatoms. The zero-order chi connectivity index (χ0) is 18.2.